The number of halogens is 4. The molecule has 0 unspecified atom stereocenters. The lowest BCUT2D eigenvalue weighted by Crippen LogP contribution is -2.04. The molecule has 4 nitrogen and oxygen atoms in total. The number of hydrogen-bond acceptors (Lipinski definition) is 3. The van der Waals surface area contributed by atoms with Gasteiger partial charge in [0, 0.05) is 11.6 Å². The number of benzene rings is 2. The van der Waals surface area contributed by atoms with E-state index in [-0.39, 0.29) is 28.5 Å². The summed E-state index contributed by atoms with van der Waals surface area (Å²) in [5.74, 6) is 0.281. The lowest BCUT2D eigenvalue weighted by atomic mass is 10.1. The Kier molecular flexibility index (Phi) is 4.43. The summed E-state index contributed by atoms with van der Waals surface area (Å²) in [4.78, 5) is 7.11. The van der Waals surface area contributed by atoms with Gasteiger partial charge in [-0.3, -0.25) is 0 Å². The van der Waals surface area contributed by atoms with Crippen LogP contribution in [0.15, 0.2) is 59.0 Å². The minimum Gasteiger partial charge on any atom is -0.457 e. The fraction of sp³-hybridized carbons (Fsp3) is 0.0476. The Bertz CT molecular complexity index is 1280. The van der Waals surface area contributed by atoms with Crippen molar-refractivity contribution in [2.75, 3.05) is 0 Å². The van der Waals surface area contributed by atoms with E-state index in [1.807, 2.05) is 6.07 Å². The van der Waals surface area contributed by atoms with E-state index in [4.69, 9.17) is 4.42 Å². The second kappa shape index (κ2) is 6.95. The highest BCUT2D eigenvalue weighted by atomic mass is 19.4. The van der Waals surface area contributed by atoms with Crippen molar-refractivity contribution in [2.24, 2.45) is 0 Å². The Morgan fingerprint density at radius 1 is 1.10 bits per heavy atom. The molecule has 0 saturated heterocycles. The minimum absolute atomic E-state index is 0.131. The van der Waals surface area contributed by atoms with E-state index in [2.05, 4.69) is 9.97 Å². The Labute approximate surface area is 161 Å². The molecule has 2 aromatic carbocycles. The number of imidazole rings is 1. The number of rotatable bonds is 3. The highest BCUT2D eigenvalue weighted by Gasteiger charge is 2.30. The summed E-state index contributed by atoms with van der Waals surface area (Å²) in [5.41, 5.74) is 0.538. The second-order valence-corrected chi connectivity index (χ2v) is 6.20. The van der Waals surface area contributed by atoms with E-state index in [1.54, 1.807) is 0 Å². The molecule has 0 aliphatic carbocycles. The molecule has 0 radical (unpaired) electrons. The molecule has 0 aliphatic heterocycles. The summed E-state index contributed by atoms with van der Waals surface area (Å²) in [6.07, 6.45) is -3.05. The van der Waals surface area contributed by atoms with Crippen LogP contribution in [0.5, 0.6) is 0 Å². The first kappa shape index (κ1) is 18.5. The number of aromatic nitrogens is 2. The zero-order valence-corrected chi connectivity index (χ0v) is 14.6. The van der Waals surface area contributed by atoms with Gasteiger partial charge in [-0.1, -0.05) is 12.1 Å². The molecule has 0 amide bonds. The second-order valence-electron chi connectivity index (χ2n) is 6.20. The number of furan rings is 1. The maximum Gasteiger partial charge on any atom is 0.416 e. The lowest BCUT2D eigenvalue weighted by Gasteiger charge is -2.07. The Morgan fingerprint density at radius 2 is 1.93 bits per heavy atom. The van der Waals surface area contributed by atoms with E-state index >= 15 is 0 Å². The molecule has 0 fully saturated rings. The summed E-state index contributed by atoms with van der Waals surface area (Å²) in [7, 11) is 0. The zero-order valence-electron chi connectivity index (χ0n) is 14.6. The van der Waals surface area contributed by atoms with Crippen molar-refractivity contribution in [2.45, 2.75) is 6.18 Å². The van der Waals surface area contributed by atoms with Crippen LogP contribution in [-0.2, 0) is 6.18 Å². The number of allylic oxidation sites excluding steroid dienone is 1. The summed E-state index contributed by atoms with van der Waals surface area (Å²) in [6.45, 7) is 0. The fourth-order valence-electron chi connectivity index (χ4n) is 2.84. The smallest absolute Gasteiger partial charge is 0.416 e. The van der Waals surface area contributed by atoms with Crippen LogP contribution in [-0.4, -0.2) is 9.97 Å². The molecular weight excluding hydrogens is 386 g/mol. The summed E-state index contributed by atoms with van der Waals surface area (Å²) >= 11 is 0. The van der Waals surface area contributed by atoms with Crippen LogP contribution in [0.4, 0.5) is 17.6 Å². The summed E-state index contributed by atoms with van der Waals surface area (Å²) in [5, 5.41) is 9.45. The number of nitriles is 1. The molecule has 0 atom stereocenters. The topological polar surface area (TPSA) is 65.6 Å². The average molecular weight is 397 g/mol. The van der Waals surface area contributed by atoms with Crippen molar-refractivity contribution in [1.29, 1.82) is 5.26 Å². The van der Waals surface area contributed by atoms with Crippen molar-refractivity contribution in [3.05, 3.63) is 77.6 Å². The van der Waals surface area contributed by atoms with Crippen LogP contribution in [0.3, 0.4) is 0 Å². The molecule has 0 spiro atoms. The van der Waals surface area contributed by atoms with Crippen molar-refractivity contribution in [3.8, 4) is 17.4 Å². The first-order valence-electron chi connectivity index (χ1n) is 8.38. The molecule has 0 saturated carbocycles. The normalized spacial score (nSPS) is 12.3. The third kappa shape index (κ3) is 3.75. The summed E-state index contributed by atoms with van der Waals surface area (Å²) < 4.78 is 57.6. The first-order chi connectivity index (χ1) is 13.8. The molecule has 144 valence electrons. The molecule has 2 heterocycles. The average Bonchev–Trinajstić information content (AvgIpc) is 3.32. The van der Waals surface area contributed by atoms with E-state index in [1.165, 1.54) is 48.5 Å². The first-order valence-corrected chi connectivity index (χ1v) is 8.38. The minimum atomic E-state index is -4.46. The third-order valence-corrected chi connectivity index (χ3v) is 4.21. The number of H-pyrrole nitrogens is 1. The third-order valence-electron chi connectivity index (χ3n) is 4.21. The number of nitrogens with zero attached hydrogens (tertiary/aromatic N) is 2. The highest BCUT2D eigenvalue weighted by Crippen LogP contribution is 2.33. The molecule has 4 aromatic rings. The standard InChI is InChI=1S/C21H11F4N3O/c22-15-4-6-17-18(10-15)28-20(27-17)13(11-26)9-16-5-7-19(29-16)12-2-1-3-14(8-12)21(23,24)25/h1-10H,(H,27,28)/b13-9-. The van der Waals surface area contributed by atoms with Crippen molar-refractivity contribution >= 4 is 22.7 Å². The fourth-order valence-corrected chi connectivity index (χ4v) is 2.84. The lowest BCUT2D eigenvalue weighted by molar-refractivity contribution is -0.137. The van der Waals surface area contributed by atoms with Gasteiger partial charge in [-0.25, -0.2) is 9.37 Å². The summed E-state index contributed by atoms with van der Waals surface area (Å²) in [6, 6.07) is 13.8. The number of hydrogen-bond donors (Lipinski definition) is 1. The molecule has 8 heteroatoms. The van der Waals surface area contributed by atoms with Crippen LogP contribution in [0.25, 0.3) is 34.0 Å². The van der Waals surface area contributed by atoms with E-state index in [9.17, 15) is 22.8 Å². The van der Waals surface area contributed by atoms with Gasteiger partial charge >= 0.3 is 6.18 Å². The molecule has 0 aliphatic rings. The Morgan fingerprint density at radius 3 is 2.69 bits per heavy atom. The molecule has 1 N–H and O–H groups in total. The van der Waals surface area contributed by atoms with Gasteiger partial charge in [0.05, 0.1) is 22.2 Å². The monoisotopic (exact) mass is 397 g/mol. The van der Waals surface area contributed by atoms with E-state index in [0.717, 1.165) is 12.1 Å². The van der Waals surface area contributed by atoms with E-state index in [0.29, 0.717) is 11.0 Å². The van der Waals surface area contributed by atoms with Gasteiger partial charge in [0.2, 0.25) is 0 Å². The van der Waals surface area contributed by atoms with Gasteiger partial charge in [0.15, 0.2) is 0 Å². The molecule has 0 bridgehead atoms. The van der Waals surface area contributed by atoms with Gasteiger partial charge < -0.3 is 9.40 Å². The van der Waals surface area contributed by atoms with Gasteiger partial charge in [-0.2, -0.15) is 18.4 Å². The number of aromatic amines is 1. The quantitative estimate of drug-likeness (QED) is 0.338. The van der Waals surface area contributed by atoms with Crippen LogP contribution in [0.1, 0.15) is 17.1 Å². The SMILES string of the molecule is N#C/C(=C/c1ccc(-c2cccc(C(F)(F)F)c2)o1)c1nc2ccc(F)cc2[nH]1. The van der Waals surface area contributed by atoms with Crippen molar-refractivity contribution in [3.63, 3.8) is 0 Å². The number of fused-ring (bicyclic) bond motifs is 1. The maximum absolute atomic E-state index is 13.3. The predicted molar refractivity (Wildman–Crippen MR) is 98.7 cm³/mol. The zero-order chi connectivity index (χ0) is 20.6. The number of alkyl halides is 3. The van der Waals surface area contributed by atoms with Crippen molar-refractivity contribution in [1.82, 2.24) is 9.97 Å². The molecule has 29 heavy (non-hydrogen) atoms. The number of nitrogens with one attached hydrogen (secondary N) is 1. The van der Waals surface area contributed by atoms with Gasteiger partial charge in [-0.15, -0.1) is 0 Å². The van der Waals surface area contributed by atoms with Crippen LogP contribution < -0.4 is 0 Å². The highest BCUT2D eigenvalue weighted by molar-refractivity contribution is 5.89. The Hall–Kier alpha value is -3.86. The van der Waals surface area contributed by atoms with Crippen LogP contribution in [0.2, 0.25) is 0 Å². The van der Waals surface area contributed by atoms with Gasteiger partial charge in [0.1, 0.15) is 29.2 Å². The maximum atomic E-state index is 13.3. The molecular formula is C21H11F4N3O. The van der Waals surface area contributed by atoms with Gasteiger partial charge in [-0.05, 0) is 42.5 Å². The predicted octanol–water partition coefficient (Wildman–Crippen LogP) is 6.04. The van der Waals surface area contributed by atoms with E-state index < -0.39 is 17.6 Å². The Balaban J connectivity index is 1.68. The van der Waals surface area contributed by atoms with Crippen LogP contribution in [0, 0.1) is 17.1 Å². The largest absolute Gasteiger partial charge is 0.457 e. The molecule has 4 rings (SSSR count). The van der Waals surface area contributed by atoms with Crippen LogP contribution >= 0.6 is 0 Å². The van der Waals surface area contributed by atoms with Gasteiger partial charge in [0.25, 0.3) is 0 Å². The molecule has 2 aromatic heterocycles. The van der Waals surface area contributed by atoms with Crippen molar-refractivity contribution < 1.29 is 22.0 Å².